The summed E-state index contributed by atoms with van der Waals surface area (Å²) >= 11 is 3.43. The molecule has 1 heterocycles. The largest absolute Gasteiger partial charge is 0.500 e. The Hall–Kier alpha value is 0.0469. The number of carbonyl (C=O) groups is 1. The van der Waals surface area contributed by atoms with Crippen LogP contribution < -0.4 is 0 Å². The molecule has 1 amide bonds. The number of hydrogen-bond donors (Lipinski definition) is 0. The molecule has 0 saturated carbocycles. The minimum atomic E-state index is -2.48. The van der Waals surface area contributed by atoms with Crippen molar-refractivity contribution in [3.05, 3.63) is 0 Å². The minimum Gasteiger partial charge on any atom is -0.377 e. The summed E-state index contributed by atoms with van der Waals surface area (Å²) in [6.07, 6.45) is 1.51. The lowest BCUT2D eigenvalue weighted by Gasteiger charge is -2.25. The van der Waals surface area contributed by atoms with Crippen molar-refractivity contribution in [1.82, 2.24) is 4.90 Å². The Bertz CT molecular complexity index is 268. The van der Waals surface area contributed by atoms with E-state index in [0.717, 1.165) is 30.9 Å². The molecule has 0 spiro atoms. The van der Waals surface area contributed by atoms with Gasteiger partial charge in [0.05, 0.1) is 0 Å². The quantitative estimate of drug-likeness (QED) is 0.496. The van der Waals surface area contributed by atoms with E-state index in [1.165, 1.54) is 0 Å². The van der Waals surface area contributed by atoms with Crippen molar-refractivity contribution in [3.63, 3.8) is 0 Å². The molecule has 0 radical (unpaired) electrons. The van der Waals surface area contributed by atoms with Gasteiger partial charge in [0.1, 0.15) is 0 Å². The van der Waals surface area contributed by atoms with Gasteiger partial charge < -0.3 is 18.2 Å². The average molecular weight is 340 g/mol. The van der Waals surface area contributed by atoms with E-state index in [0.29, 0.717) is 12.3 Å². The van der Waals surface area contributed by atoms with Crippen molar-refractivity contribution in [1.29, 1.82) is 0 Å². The summed E-state index contributed by atoms with van der Waals surface area (Å²) < 4.78 is 16.1. The normalized spacial score (nSPS) is 20.8. The monoisotopic (exact) mass is 339 g/mol. The van der Waals surface area contributed by atoms with Crippen molar-refractivity contribution in [2.24, 2.45) is 5.92 Å². The van der Waals surface area contributed by atoms with Gasteiger partial charge in [-0.15, -0.1) is 0 Å². The third-order valence-corrected chi connectivity index (χ3v) is 7.10. The molecule has 7 heteroatoms. The summed E-state index contributed by atoms with van der Waals surface area (Å²) in [6.45, 7) is 1.61. The van der Waals surface area contributed by atoms with E-state index in [1.807, 2.05) is 4.90 Å². The van der Waals surface area contributed by atoms with Crippen LogP contribution in [0.2, 0.25) is 6.04 Å². The fraction of sp³-hybridized carbons (Fsp3) is 0.909. The van der Waals surface area contributed by atoms with Crippen LogP contribution in [0.1, 0.15) is 12.8 Å². The highest BCUT2D eigenvalue weighted by Crippen LogP contribution is 2.21. The lowest BCUT2D eigenvalue weighted by Crippen LogP contribution is -2.43. The van der Waals surface area contributed by atoms with Crippen molar-refractivity contribution < 1.29 is 18.1 Å². The van der Waals surface area contributed by atoms with Gasteiger partial charge in [0.25, 0.3) is 0 Å². The summed E-state index contributed by atoms with van der Waals surface area (Å²) in [5.41, 5.74) is 0. The summed E-state index contributed by atoms with van der Waals surface area (Å²) in [6, 6.07) is 0.735. The lowest BCUT2D eigenvalue weighted by molar-refractivity contribution is -0.127. The van der Waals surface area contributed by atoms with Crippen molar-refractivity contribution >= 4 is 30.6 Å². The van der Waals surface area contributed by atoms with E-state index in [4.69, 9.17) is 13.3 Å². The number of hydrogen-bond acceptors (Lipinski definition) is 4. The summed E-state index contributed by atoms with van der Waals surface area (Å²) in [5, 5.41) is 0.891. The highest BCUT2D eigenvalue weighted by Gasteiger charge is 2.37. The first-order valence-corrected chi connectivity index (χ1v) is 9.15. The van der Waals surface area contributed by atoms with E-state index in [9.17, 15) is 4.79 Å². The van der Waals surface area contributed by atoms with Crippen LogP contribution in [0.3, 0.4) is 0 Å². The third-order valence-electron chi connectivity index (χ3n) is 3.36. The topological polar surface area (TPSA) is 48.0 Å². The first-order chi connectivity index (χ1) is 8.60. The van der Waals surface area contributed by atoms with Crippen LogP contribution >= 0.6 is 15.9 Å². The van der Waals surface area contributed by atoms with Gasteiger partial charge in [-0.2, -0.15) is 0 Å². The highest BCUT2D eigenvalue weighted by atomic mass is 79.9. The fourth-order valence-electron chi connectivity index (χ4n) is 2.22. The zero-order valence-corrected chi connectivity index (χ0v) is 13.9. The molecule has 106 valence electrons. The molecule has 1 atom stereocenters. The van der Waals surface area contributed by atoms with Gasteiger partial charge in [-0.3, -0.25) is 4.79 Å². The van der Waals surface area contributed by atoms with Crippen LogP contribution in [0.5, 0.6) is 0 Å². The number of rotatable bonds is 8. The zero-order valence-electron chi connectivity index (χ0n) is 11.3. The Labute approximate surface area is 118 Å². The second-order valence-corrected chi connectivity index (χ2v) is 8.20. The van der Waals surface area contributed by atoms with E-state index >= 15 is 0 Å². The molecule has 0 N–H and O–H groups in total. The molecule has 1 aliphatic rings. The second-order valence-electron chi connectivity index (χ2n) is 4.46. The van der Waals surface area contributed by atoms with Crippen LogP contribution in [-0.2, 0) is 18.1 Å². The van der Waals surface area contributed by atoms with Gasteiger partial charge in [-0.25, -0.2) is 0 Å². The Kier molecular flexibility index (Phi) is 6.79. The maximum Gasteiger partial charge on any atom is 0.500 e. The molecular formula is C11H22BrNO4Si. The van der Waals surface area contributed by atoms with Gasteiger partial charge in [0.15, 0.2) is 0 Å². The number of nitrogens with zero attached hydrogens (tertiary/aromatic N) is 1. The van der Waals surface area contributed by atoms with Gasteiger partial charge in [0, 0.05) is 52.2 Å². The number of amides is 1. The SMILES string of the molecule is CO[Si](CCCN1CC(CBr)CC1=O)(OC)OC. The van der Waals surface area contributed by atoms with Gasteiger partial charge in [-0.05, 0) is 12.3 Å². The molecule has 0 aliphatic carbocycles. The van der Waals surface area contributed by atoms with Crippen molar-refractivity contribution in [3.8, 4) is 0 Å². The maximum atomic E-state index is 11.7. The van der Waals surface area contributed by atoms with Crippen molar-refractivity contribution in [2.75, 3.05) is 39.7 Å². The number of carbonyl (C=O) groups excluding carboxylic acids is 1. The van der Waals surface area contributed by atoms with E-state index < -0.39 is 8.80 Å². The Morgan fingerprint density at radius 1 is 1.33 bits per heavy atom. The molecule has 0 aromatic heterocycles. The zero-order chi connectivity index (χ0) is 13.6. The fourth-order valence-corrected chi connectivity index (χ4v) is 4.35. The number of alkyl halides is 1. The Morgan fingerprint density at radius 2 is 1.94 bits per heavy atom. The smallest absolute Gasteiger partial charge is 0.377 e. The lowest BCUT2D eigenvalue weighted by atomic mass is 10.2. The van der Waals surface area contributed by atoms with Crippen LogP contribution in [0.25, 0.3) is 0 Å². The summed E-state index contributed by atoms with van der Waals surface area (Å²) in [7, 11) is 2.35. The van der Waals surface area contributed by atoms with E-state index in [2.05, 4.69) is 15.9 Å². The Balaban J connectivity index is 2.35. The molecule has 1 rings (SSSR count). The molecule has 18 heavy (non-hydrogen) atoms. The van der Waals surface area contributed by atoms with Crippen LogP contribution in [0, 0.1) is 5.92 Å². The number of likely N-dealkylation sites (tertiary alicyclic amines) is 1. The van der Waals surface area contributed by atoms with Crippen LogP contribution in [0.15, 0.2) is 0 Å². The van der Waals surface area contributed by atoms with Gasteiger partial charge >= 0.3 is 8.80 Å². The Morgan fingerprint density at radius 3 is 2.39 bits per heavy atom. The number of halogens is 1. The molecule has 1 unspecified atom stereocenters. The first-order valence-electron chi connectivity index (χ1n) is 6.10. The molecule has 1 fully saturated rings. The third kappa shape index (κ3) is 4.02. The summed E-state index contributed by atoms with van der Waals surface area (Å²) in [4.78, 5) is 13.7. The molecule has 0 bridgehead atoms. The second kappa shape index (κ2) is 7.59. The van der Waals surface area contributed by atoms with Gasteiger partial charge in [0.2, 0.25) is 5.91 Å². The molecule has 0 aromatic rings. The standard InChI is InChI=1S/C11H22BrNO4Si/c1-15-18(16-2,17-3)6-4-5-13-9-10(8-12)7-11(13)14/h10H,4-9H2,1-3H3. The predicted molar refractivity (Wildman–Crippen MR) is 74.7 cm³/mol. The molecule has 1 aliphatic heterocycles. The van der Waals surface area contributed by atoms with E-state index in [-0.39, 0.29) is 5.91 Å². The van der Waals surface area contributed by atoms with Gasteiger partial charge in [-0.1, -0.05) is 15.9 Å². The molecule has 0 aromatic carbocycles. The van der Waals surface area contributed by atoms with Crippen LogP contribution in [0.4, 0.5) is 0 Å². The molecular weight excluding hydrogens is 318 g/mol. The predicted octanol–water partition coefficient (Wildman–Crippen LogP) is 1.50. The molecule has 5 nitrogen and oxygen atoms in total. The van der Waals surface area contributed by atoms with Crippen molar-refractivity contribution in [2.45, 2.75) is 18.9 Å². The van der Waals surface area contributed by atoms with E-state index in [1.54, 1.807) is 21.3 Å². The van der Waals surface area contributed by atoms with Crippen LogP contribution in [-0.4, -0.2) is 59.4 Å². The highest BCUT2D eigenvalue weighted by molar-refractivity contribution is 9.09. The minimum absolute atomic E-state index is 0.249. The first kappa shape index (κ1) is 16.1. The summed E-state index contributed by atoms with van der Waals surface area (Å²) in [5.74, 6) is 0.700. The molecule has 1 saturated heterocycles. The maximum absolute atomic E-state index is 11.7. The average Bonchev–Trinajstić information content (AvgIpc) is 2.76.